The summed E-state index contributed by atoms with van der Waals surface area (Å²) >= 11 is 0. The summed E-state index contributed by atoms with van der Waals surface area (Å²) in [7, 11) is 1.44. The van der Waals surface area contributed by atoms with Gasteiger partial charge >= 0.3 is 0 Å². The summed E-state index contributed by atoms with van der Waals surface area (Å²) in [5.41, 5.74) is 5.35. The lowest BCUT2D eigenvalue weighted by Crippen LogP contribution is -2.30. The number of amides is 1. The molecule has 1 atom stereocenters. The first-order valence-corrected chi connectivity index (χ1v) is 9.63. The minimum Gasteiger partial charge on any atom is -0.443 e. The molecule has 4 rings (SSSR count). The van der Waals surface area contributed by atoms with Crippen LogP contribution in [-0.4, -0.2) is 30.6 Å². The fourth-order valence-corrected chi connectivity index (χ4v) is 3.17. The van der Waals surface area contributed by atoms with E-state index in [1.54, 1.807) is 0 Å². The van der Waals surface area contributed by atoms with Gasteiger partial charge in [-0.25, -0.2) is 28.4 Å². The van der Waals surface area contributed by atoms with E-state index in [9.17, 15) is 18.4 Å². The molecule has 0 spiro atoms. The number of nitrogen functional groups attached to an aromatic ring is 1. The van der Waals surface area contributed by atoms with Crippen molar-refractivity contribution in [3.63, 3.8) is 0 Å². The Morgan fingerprint density at radius 2 is 1.88 bits per heavy atom. The fraction of sp³-hybridized carbons (Fsp3) is 0.143. The number of nitrogens with one attached hydrogen (secondary N) is 1. The highest BCUT2D eigenvalue weighted by atomic mass is 19.1. The number of aryl methyl sites for hydroxylation is 1. The first-order valence-electron chi connectivity index (χ1n) is 9.63. The molecule has 1 aromatic carbocycles. The van der Waals surface area contributed by atoms with Crippen LogP contribution in [0.5, 0.6) is 0 Å². The van der Waals surface area contributed by atoms with Crippen molar-refractivity contribution in [3.8, 4) is 23.0 Å². The van der Waals surface area contributed by atoms with Crippen LogP contribution < -0.4 is 16.6 Å². The maximum Gasteiger partial charge on any atom is 0.274 e. The Labute approximate surface area is 185 Å². The van der Waals surface area contributed by atoms with Crippen LogP contribution in [0, 0.1) is 11.6 Å². The van der Waals surface area contributed by atoms with Gasteiger partial charge in [0, 0.05) is 18.7 Å². The number of anilines is 1. The second-order valence-corrected chi connectivity index (χ2v) is 7.00. The molecule has 0 radical (unpaired) electrons. The van der Waals surface area contributed by atoms with Crippen LogP contribution in [0.1, 0.15) is 29.0 Å². The number of aromatic nitrogens is 5. The van der Waals surface area contributed by atoms with Crippen LogP contribution in [0.2, 0.25) is 0 Å². The van der Waals surface area contributed by atoms with Gasteiger partial charge < -0.3 is 15.5 Å². The van der Waals surface area contributed by atoms with Crippen LogP contribution >= 0.6 is 0 Å². The molecule has 12 heteroatoms. The Hall–Kier alpha value is -4.48. The number of hydrogen-bond acceptors (Lipinski definition) is 8. The smallest absolute Gasteiger partial charge is 0.274 e. The Morgan fingerprint density at radius 1 is 1.15 bits per heavy atom. The lowest BCUT2D eigenvalue weighted by molar-refractivity contribution is 0.0934. The number of halogens is 2. The van der Waals surface area contributed by atoms with Crippen LogP contribution in [0.15, 0.2) is 52.0 Å². The van der Waals surface area contributed by atoms with Gasteiger partial charge in [0.1, 0.15) is 29.3 Å². The zero-order chi connectivity index (χ0) is 23.7. The SMILES string of the molecule is CC(NC(=O)c1nc(-c2ccc(=O)n(C)n2)c(-c2ncco2)nc1N)c1c(F)cccc1F. The number of benzene rings is 1. The van der Waals surface area contributed by atoms with E-state index in [-0.39, 0.29) is 45.6 Å². The summed E-state index contributed by atoms with van der Waals surface area (Å²) < 4.78 is 34.6. The molecule has 0 saturated carbocycles. The van der Waals surface area contributed by atoms with Crippen molar-refractivity contribution in [1.82, 2.24) is 30.0 Å². The van der Waals surface area contributed by atoms with Gasteiger partial charge in [0.05, 0.1) is 12.2 Å². The highest BCUT2D eigenvalue weighted by Gasteiger charge is 2.25. The molecule has 0 aliphatic carbocycles. The molecule has 1 unspecified atom stereocenters. The quantitative estimate of drug-likeness (QED) is 0.469. The lowest BCUT2D eigenvalue weighted by Gasteiger charge is -2.17. The second-order valence-electron chi connectivity index (χ2n) is 7.00. The normalized spacial score (nSPS) is 11.9. The molecule has 168 valence electrons. The molecule has 33 heavy (non-hydrogen) atoms. The molecule has 3 N–H and O–H groups in total. The van der Waals surface area contributed by atoms with E-state index in [0.717, 1.165) is 16.8 Å². The highest BCUT2D eigenvalue weighted by Crippen LogP contribution is 2.29. The Balaban J connectivity index is 1.78. The molecule has 0 aliphatic rings. The van der Waals surface area contributed by atoms with Gasteiger partial charge in [-0.15, -0.1) is 0 Å². The molecule has 3 heterocycles. The monoisotopic (exact) mass is 453 g/mol. The largest absolute Gasteiger partial charge is 0.443 e. The van der Waals surface area contributed by atoms with E-state index in [0.29, 0.717) is 0 Å². The number of carbonyl (C=O) groups is 1. The molecular weight excluding hydrogens is 436 g/mol. The van der Waals surface area contributed by atoms with E-state index in [1.165, 1.54) is 44.6 Å². The maximum atomic E-state index is 14.1. The molecule has 0 saturated heterocycles. The molecule has 0 aliphatic heterocycles. The number of rotatable bonds is 5. The fourth-order valence-electron chi connectivity index (χ4n) is 3.17. The number of nitrogens with two attached hydrogens (primary N) is 1. The van der Waals surface area contributed by atoms with Crippen molar-refractivity contribution < 1.29 is 18.0 Å². The van der Waals surface area contributed by atoms with E-state index in [2.05, 4.69) is 25.4 Å². The number of hydrogen-bond donors (Lipinski definition) is 2. The third kappa shape index (κ3) is 4.18. The van der Waals surface area contributed by atoms with Gasteiger partial charge in [0.15, 0.2) is 17.2 Å². The summed E-state index contributed by atoms with van der Waals surface area (Å²) in [4.78, 5) is 37.2. The van der Waals surface area contributed by atoms with Crippen LogP contribution in [0.25, 0.3) is 23.0 Å². The number of carbonyl (C=O) groups excluding carboxylic acids is 1. The van der Waals surface area contributed by atoms with Gasteiger partial charge in [0.25, 0.3) is 11.5 Å². The van der Waals surface area contributed by atoms with Gasteiger partial charge in [-0.05, 0) is 25.1 Å². The zero-order valence-electron chi connectivity index (χ0n) is 17.4. The third-order valence-electron chi connectivity index (χ3n) is 4.76. The summed E-state index contributed by atoms with van der Waals surface area (Å²) in [5.74, 6) is -2.64. The van der Waals surface area contributed by atoms with E-state index >= 15 is 0 Å². The topological polar surface area (TPSA) is 142 Å². The standard InChI is InChI=1S/C21H17F2N7O3/c1-10(15-11(22)4-3-5-12(15)23)26-20(32)18-19(24)28-17(21-25-8-9-33-21)16(27-18)13-6-7-14(31)30(2)29-13/h3-10H,1-2H3,(H2,24,28)(H,26,32). The van der Waals surface area contributed by atoms with Gasteiger partial charge in [-0.3, -0.25) is 9.59 Å². The predicted octanol–water partition coefficient (Wildman–Crippen LogP) is 2.24. The van der Waals surface area contributed by atoms with E-state index in [1.807, 2.05) is 0 Å². The number of nitrogens with zero attached hydrogens (tertiary/aromatic N) is 5. The minimum absolute atomic E-state index is 0.0635. The minimum atomic E-state index is -1.04. The lowest BCUT2D eigenvalue weighted by atomic mass is 10.1. The Morgan fingerprint density at radius 3 is 2.52 bits per heavy atom. The van der Waals surface area contributed by atoms with Gasteiger partial charge in [-0.1, -0.05) is 6.07 Å². The summed E-state index contributed by atoms with van der Waals surface area (Å²) in [5, 5.41) is 6.61. The average Bonchev–Trinajstić information content (AvgIpc) is 3.30. The van der Waals surface area contributed by atoms with E-state index in [4.69, 9.17) is 10.2 Å². The van der Waals surface area contributed by atoms with Gasteiger partial charge in [0.2, 0.25) is 5.89 Å². The molecule has 4 aromatic rings. The van der Waals surface area contributed by atoms with Crippen molar-refractivity contribution in [2.45, 2.75) is 13.0 Å². The summed E-state index contributed by atoms with van der Waals surface area (Å²) in [6.07, 6.45) is 2.70. The third-order valence-corrected chi connectivity index (χ3v) is 4.76. The molecule has 1 amide bonds. The van der Waals surface area contributed by atoms with Crippen LogP contribution in [0.3, 0.4) is 0 Å². The first-order chi connectivity index (χ1) is 15.8. The van der Waals surface area contributed by atoms with Gasteiger partial charge in [-0.2, -0.15) is 5.10 Å². The maximum absolute atomic E-state index is 14.1. The highest BCUT2D eigenvalue weighted by molar-refractivity contribution is 5.97. The molecule has 10 nitrogen and oxygen atoms in total. The summed E-state index contributed by atoms with van der Waals surface area (Å²) in [6.45, 7) is 1.42. The van der Waals surface area contributed by atoms with Crippen LogP contribution in [-0.2, 0) is 7.05 Å². The predicted molar refractivity (Wildman–Crippen MR) is 113 cm³/mol. The first kappa shape index (κ1) is 21.7. The molecular formula is C21H17F2N7O3. The Kier molecular flexibility index (Phi) is 5.65. The van der Waals surface area contributed by atoms with Crippen molar-refractivity contribution in [2.75, 3.05) is 5.73 Å². The van der Waals surface area contributed by atoms with Crippen molar-refractivity contribution in [1.29, 1.82) is 0 Å². The van der Waals surface area contributed by atoms with Crippen molar-refractivity contribution in [3.05, 3.63) is 76.0 Å². The van der Waals surface area contributed by atoms with Crippen LogP contribution in [0.4, 0.5) is 14.6 Å². The molecule has 0 bridgehead atoms. The van der Waals surface area contributed by atoms with E-state index < -0.39 is 23.6 Å². The van der Waals surface area contributed by atoms with Crippen molar-refractivity contribution in [2.24, 2.45) is 7.05 Å². The molecule has 3 aromatic heterocycles. The number of oxazole rings is 1. The van der Waals surface area contributed by atoms with Crippen molar-refractivity contribution >= 4 is 11.7 Å². The molecule has 0 fully saturated rings. The summed E-state index contributed by atoms with van der Waals surface area (Å²) in [6, 6.07) is 5.02. The second kappa shape index (κ2) is 8.57. The zero-order valence-corrected chi connectivity index (χ0v) is 17.4. The average molecular weight is 453 g/mol. The Bertz CT molecular complexity index is 1380.